The summed E-state index contributed by atoms with van der Waals surface area (Å²) in [5.74, 6) is 4.23. The molecular weight excluding hydrogens is 444 g/mol. The SMILES string of the molecule is Nc1cccc(C#Cc2ccc(C(=O)OC(=O)C[C@@H](N)NS(=O)(=O)c3ccccc3)cc2)n1. The molecule has 1 heterocycles. The number of hydrogen-bond acceptors (Lipinski definition) is 8. The van der Waals surface area contributed by atoms with Gasteiger partial charge in [0.25, 0.3) is 0 Å². The summed E-state index contributed by atoms with van der Waals surface area (Å²) in [5.41, 5.74) is 12.5. The highest BCUT2D eigenvalue weighted by Gasteiger charge is 2.21. The largest absolute Gasteiger partial charge is 0.389 e. The predicted molar refractivity (Wildman–Crippen MR) is 121 cm³/mol. The number of aromatic nitrogens is 1. The van der Waals surface area contributed by atoms with Gasteiger partial charge in [0.1, 0.15) is 11.5 Å². The first-order valence-corrected chi connectivity index (χ1v) is 11.1. The van der Waals surface area contributed by atoms with Crippen LogP contribution in [0.2, 0.25) is 0 Å². The Morgan fingerprint density at radius 3 is 2.33 bits per heavy atom. The van der Waals surface area contributed by atoms with Crippen LogP contribution in [0.4, 0.5) is 5.82 Å². The monoisotopic (exact) mass is 464 g/mol. The molecule has 2 aromatic carbocycles. The van der Waals surface area contributed by atoms with Crippen LogP contribution in [0, 0.1) is 11.8 Å². The fourth-order valence-corrected chi connectivity index (χ4v) is 3.77. The van der Waals surface area contributed by atoms with E-state index in [4.69, 9.17) is 16.2 Å². The highest BCUT2D eigenvalue weighted by atomic mass is 32.2. The molecule has 0 radical (unpaired) electrons. The minimum Gasteiger partial charge on any atom is -0.389 e. The summed E-state index contributed by atoms with van der Waals surface area (Å²) in [6, 6.07) is 18.7. The lowest BCUT2D eigenvalue weighted by molar-refractivity contribution is -0.138. The number of nitrogen functional groups attached to an aromatic ring is 1. The molecule has 0 aliphatic heterocycles. The number of anilines is 1. The number of carbonyl (C=O) groups is 2. The number of sulfonamides is 1. The molecule has 0 fully saturated rings. The number of nitrogens with one attached hydrogen (secondary N) is 1. The summed E-state index contributed by atoms with van der Waals surface area (Å²) in [4.78, 5) is 28.3. The van der Waals surface area contributed by atoms with Crippen LogP contribution < -0.4 is 16.2 Å². The third-order valence-corrected chi connectivity index (χ3v) is 5.69. The summed E-state index contributed by atoms with van der Waals surface area (Å²) >= 11 is 0. The van der Waals surface area contributed by atoms with E-state index >= 15 is 0 Å². The number of carbonyl (C=O) groups excluding carboxylic acids is 2. The highest BCUT2D eigenvalue weighted by molar-refractivity contribution is 7.89. The van der Waals surface area contributed by atoms with E-state index in [-0.39, 0.29) is 10.5 Å². The molecule has 10 heteroatoms. The first-order valence-electron chi connectivity index (χ1n) is 9.65. The van der Waals surface area contributed by atoms with Crippen molar-refractivity contribution in [2.24, 2.45) is 5.73 Å². The molecule has 1 atom stereocenters. The predicted octanol–water partition coefficient (Wildman–Crippen LogP) is 1.40. The summed E-state index contributed by atoms with van der Waals surface area (Å²) in [7, 11) is -3.91. The average Bonchev–Trinajstić information content (AvgIpc) is 2.78. The topological polar surface area (TPSA) is 154 Å². The van der Waals surface area contributed by atoms with Crippen LogP contribution in [-0.4, -0.2) is 31.5 Å². The van der Waals surface area contributed by atoms with Gasteiger partial charge in [-0.3, -0.25) is 4.79 Å². The second-order valence-electron chi connectivity index (χ2n) is 6.78. The summed E-state index contributed by atoms with van der Waals surface area (Å²) in [6.07, 6.45) is -1.80. The van der Waals surface area contributed by atoms with Crippen LogP contribution in [0.5, 0.6) is 0 Å². The Kier molecular flexibility index (Phi) is 7.53. The Morgan fingerprint density at radius 1 is 0.970 bits per heavy atom. The van der Waals surface area contributed by atoms with Crippen LogP contribution in [0.1, 0.15) is 28.0 Å². The zero-order chi connectivity index (χ0) is 23.8. The molecule has 3 rings (SSSR count). The van der Waals surface area contributed by atoms with Crippen molar-refractivity contribution in [1.82, 2.24) is 9.71 Å². The van der Waals surface area contributed by atoms with Gasteiger partial charge in [0.2, 0.25) is 10.0 Å². The molecule has 168 valence electrons. The molecule has 9 nitrogen and oxygen atoms in total. The molecule has 5 N–H and O–H groups in total. The molecule has 0 spiro atoms. The quantitative estimate of drug-likeness (QED) is 0.214. The first-order chi connectivity index (χ1) is 15.7. The van der Waals surface area contributed by atoms with Crippen molar-refractivity contribution in [3.63, 3.8) is 0 Å². The summed E-state index contributed by atoms with van der Waals surface area (Å²) < 4.78 is 31.4. The van der Waals surface area contributed by atoms with Crippen molar-refractivity contribution in [2.75, 3.05) is 5.73 Å². The molecule has 3 aromatic rings. The highest BCUT2D eigenvalue weighted by Crippen LogP contribution is 2.09. The van der Waals surface area contributed by atoms with Gasteiger partial charge in [-0.15, -0.1) is 0 Å². The third kappa shape index (κ3) is 6.98. The van der Waals surface area contributed by atoms with Crippen LogP contribution in [-0.2, 0) is 19.6 Å². The number of esters is 2. The Morgan fingerprint density at radius 2 is 1.67 bits per heavy atom. The number of nitrogens with two attached hydrogens (primary N) is 2. The fraction of sp³-hybridized carbons (Fsp3) is 0.0870. The number of nitrogens with zero attached hydrogens (tertiary/aromatic N) is 1. The molecule has 0 saturated heterocycles. The molecule has 0 unspecified atom stereocenters. The Bertz CT molecular complexity index is 1310. The molecule has 1 aromatic heterocycles. The van der Waals surface area contributed by atoms with E-state index in [1.54, 1.807) is 48.5 Å². The van der Waals surface area contributed by atoms with Gasteiger partial charge in [-0.2, -0.15) is 4.72 Å². The lowest BCUT2D eigenvalue weighted by Gasteiger charge is -2.13. The minimum atomic E-state index is -3.91. The van der Waals surface area contributed by atoms with E-state index < -0.39 is 34.5 Å². The Balaban J connectivity index is 1.55. The molecule has 33 heavy (non-hydrogen) atoms. The first kappa shape index (κ1) is 23.6. The molecule has 0 aliphatic rings. The van der Waals surface area contributed by atoms with E-state index in [1.807, 2.05) is 0 Å². The average molecular weight is 465 g/mol. The van der Waals surface area contributed by atoms with Crippen molar-refractivity contribution in [1.29, 1.82) is 0 Å². The van der Waals surface area contributed by atoms with E-state index in [0.29, 0.717) is 17.1 Å². The van der Waals surface area contributed by atoms with Gasteiger partial charge in [-0.05, 0) is 54.5 Å². The maximum Gasteiger partial charge on any atom is 0.345 e. The zero-order valence-electron chi connectivity index (χ0n) is 17.3. The second kappa shape index (κ2) is 10.5. The van der Waals surface area contributed by atoms with E-state index in [9.17, 15) is 18.0 Å². The fourth-order valence-electron chi connectivity index (χ4n) is 2.64. The van der Waals surface area contributed by atoms with Gasteiger partial charge in [0.15, 0.2) is 0 Å². The summed E-state index contributed by atoms with van der Waals surface area (Å²) in [5, 5.41) is 0. The van der Waals surface area contributed by atoms with Gasteiger partial charge in [0.05, 0.1) is 23.0 Å². The van der Waals surface area contributed by atoms with Crippen molar-refractivity contribution in [3.8, 4) is 11.8 Å². The summed E-state index contributed by atoms with van der Waals surface area (Å²) in [6.45, 7) is 0. The Hall–Kier alpha value is -4.04. The maximum atomic E-state index is 12.2. The van der Waals surface area contributed by atoms with Gasteiger partial charge < -0.3 is 16.2 Å². The van der Waals surface area contributed by atoms with Gasteiger partial charge >= 0.3 is 11.9 Å². The van der Waals surface area contributed by atoms with Gasteiger partial charge in [-0.25, -0.2) is 18.2 Å². The lowest BCUT2D eigenvalue weighted by atomic mass is 10.1. The molecular formula is C23H20N4O5S. The molecule has 0 bridgehead atoms. The van der Waals surface area contributed by atoms with Gasteiger partial charge in [-0.1, -0.05) is 30.2 Å². The number of pyridine rings is 1. The maximum absolute atomic E-state index is 12.2. The van der Waals surface area contributed by atoms with Crippen LogP contribution in [0.3, 0.4) is 0 Å². The Labute approximate surface area is 190 Å². The van der Waals surface area contributed by atoms with Crippen LogP contribution >= 0.6 is 0 Å². The lowest BCUT2D eigenvalue weighted by Crippen LogP contribution is -2.43. The van der Waals surface area contributed by atoms with E-state index in [0.717, 1.165) is 0 Å². The van der Waals surface area contributed by atoms with E-state index in [2.05, 4.69) is 21.5 Å². The standard InChI is InChI=1S/C23H20N4O5S/c24-20-8-4-5-18(26-20)14-11-16-9-12-17(13-10-16)23(29)32-22(28)15-21(25)27-33(30,31)19-6-2-1-3-7-19/h1-10,12-13,21,27H,15,25H2,(H2,24,26)/t21-/m0/s1. The van der Waals surface area contributed by atoms with Crippen LogP contribution in [0.15, 0.2) is 77.7 Å². The smallest absolute Gasteiger partial charge is 0.345 e. The van der Waals surface area contributed by atoms with Crippen molar-refractivity contribution >= 4 is 27.8 Å². The minimum absolute atomic E-state index is 0.000374. The number of hydrogen-bond donors (Lipinski definition) is 3. The number of rotatable bonds is 6. The normalized spacial score (nSPS) is 11.7. The number of benzene rings is 2. The molecule has 0 saturated carbocycles. The van der Waals surface area contributed by atoms with Crippen LogP contribution in [0.25, 0.3) is 0 Å². The van der Waals surface area contributed by atoms with Crippen molar-refractivity contribution < 1.29 is 22.7 Å². The van der Waals surface area contributed by atoms with Crippen molar-refractivity contribution in [2.45, 2.75) is 17.5 Å². The van der Waals surface area contributed by atoms with Gasteiger partial charge in [0, 0.05) is 5.56 Å². The second-order valence-corrected chi connectivity index (χ2v) is 8.50. The molecule has 0 aliphatic carbocycles. The van der Waals surface area contributed by atoms with E-state index in [1.165, 1.54) is 24.3 Å². The van der Waals surface area contributed by atoms with Crippen molar-refractivity contribution in [3.05, 3.63) is 89.6 Å². The number of ether oxygens (including phenoxy) is 1. The zero-order valence-corrected chi connectivity index (χ0v) is 18.1. The molecule has 0 amide bonds. The third-order valence-electron chi connectivity index (χ3n) is 4.18.